The molecule has 1 N–H and O–H groups in total. The predicted molar refractivity (Wildman–Crippen MR) is 161 cm³/mol. The lowest BCUT2D eigenvalue weighted by Gasteiger charge is -2.33. The van der Waals surface area contributed by atoms with Gasteiger partial charge in [0.2, 0.25) is 21.8 Å². The third kappa shape index (κ3) is 9.09. The molecule has 2 amide bonds. The van der Waals surface area contributed by atoms with Gasteiger partial charge < -0.3 is 10.2 Å². The Morgan fingerprint density at radius 3 is 1.76 bits per heavy atom. The van der Waals surface area contributed by atoms with Crippen molar-refractivity contribution in [3.8, 4) is 0 Å². The minimum absolute atomic E-state index is 0.000638. The van der Waals surface area contributed by atoms with Crippen molar-refractivity contribution in [2.24, 2.45) is 0 Å². The molecule has 0 heterocycles. The molecule has 0 bridgehead atoms. The molecule has 4 aromatic rings. The summed E-state index contributed by atoms with van der Waals surface area (Å²) in [6.45, 7) is -0.225. The van der Waals surface area contributed by atoms with E-state index < -0.39 is 34.3 Å². The SMILES string of the molecule is CS(=O)(=O)N(CC(=O)N(Cc1ccc(F)cc1)[C@@H](Cc1ccccc1)C(=O)NCc1ccccc1)Cc1ccccc1. The summed E-state index contributed by atoms with van der Waals surface area (Å²) in [7, 11) is -3.79. The van der Waals surface area contributed by atoms with E-state index in [9.17, 15) is 22.4 Å². The van der Waals surface area contributed by atoms with Crippen LogP contribution in [0.15, 0.2) is 115 Å². The zero-order valence-electron chi connectivity index (χ0n) is 23.4. The molecule has 0 aliphatic carbocycles. The molecule has 0 aromatic heterocycles. The molecule has 0 saturated heterocycles. The Bertz CT molecular complexity index is 1550. The fraction of sp³-hybridized carbons (Fsp3) is 0.212. The summed E-state index contributed by atoms with van der Waals surface area (Å²) >= 11 is 0. The van der Waals surface area contributed by atoms with Crippen molar-refractivity contribution >= 4 is 21.8 Å². The van der Waals surface area contributed by atoms with Gasteiger partial charge in [0.25, 0.3) is 0 Å². The van der Waals surface area contributed by atoms with Gasteiger partial charge in [0.05, 0.1) is 12.8 Å². The maximum Gasteiger partial charge on any atom is 0.243 e. The summed E-state index contributed by atoms with van der Waals surface area (Å²) in [6.07, 6.45) is 1.26. The van der Waals surface area contributed by atoms with Crippen LogP contribution in [0.25, 0.3) is 0 Å². The van der Waals surface area contributed by atoms with Crippen molar-refractivity contribution in [2.75, 3.05) is 12.8 Å². The fourth-order valence-corrected chi connectivity index (χ4v) is 5.29. The lowest BCUT2D eigenvalue weighted by molar-refractivity contribution is -0.141. The maximum atomic E-state index is 14.0. The van der Waals surface area contributed by atoms with E-state index >= 15 is 0 Å². The van der Waals surface area contributed by atoms with Crippen LogP contribution < -0.4 is 5.32 Å². The monoisotopic (exact) mass is 587 g/mol. The average Bonchev–Trinajstić information content (AvgIpc) is 2.99. The van der Waals surface area contributed by atoms with E-state index in [-0.39, 0.29) is 32.0 Å². The molecule has 0 aliphatic heterocycles. The highest BCUT2D eigenvalue weighted by Gasteiger charge is 2.32. The average molecular weight is 588 g/mol. The number of sulfonamides is 1. The van der Waals surface area contributed by atoms with Crippen molar-refractivity contribution in [2.45, 2.75) is 32.1 Å². The Hall–Kier alpha value is -4.34. The summed E-state index contributed by atoms with van der Waals surface area (Å²) in [5.41, 5.74) is 3.06. The van der Waals surface area contributed by atoms with Crippen LogP contribution in [-0.2, 0) is 45.7 Å². The Kier molecular flexibility index (Phi) is 10.6. The summed E-state index contributed by atoms with van der Waals surface area (Å²) in [5.74, 6) is -1.35. The summed E-state index contributed by atoms with van der Waals surface area (Å²) < 4.78 is 40.4. The van der Waals surface area contributed by atoms with E-state index in [2.05, 4.69) is 5.32 Å². The second kappa shape index (κ2) is 14.5. The molecule has 42 heavy (non-hydrogen) atoms. The molecular formula is C33H34FN3O4S. The van der Waals surface area contributed by atoms with Crippen molar-refractivity contribution in [1.29, 1.82) is 0 Å². The van der Waals surface area contributed by atoms with Gasteiger partial charge in [0.15, 0.2) is 0 Å². The number of nitrogens with one attached hydrogen (secondary N) is 1. The van der Waals surface area contributed by atoms with Gasteiger partial charge in [-0.25, -0.2) is 12.8 Å². The molecule has 1 atom stereocenters. The highest BCUT2D eigenvalue weighted by Crippen LogP contribution is 2.18. The number of carbonyl (C=O) groups is 2. The topological polar surface area (TPSA) is 86.8 Å². The van der Waals surface area contributed by atoms with Gasteiger partial charge in [-0.05, 0) is 34.4 Å². The van der Waals surface area contributed by atoms with Crippen molar-refractivity contribution in [3.63, 3.8) is 0 Å². The Balaban J connectivity index is 1.67. The number of carbonyl (C=O) groups excluding carboxylic acids is 2. The first-order valence-corrected chi connectivity index (χ1v) is 15.4. The van der Waals surface area contributed by atoms with Crippen molar-refractivity contribution in [3.05, 3.63) is 143 Å². The normalized spacial score (nSPS) is 12.1. The molecule has 7 nitrogen and oxygen atoms in total. The molecule has 9 heteroatoms. The minimum Gasteiger partial charge on any atom is -0.350 e. The second-order valence-corrected chi connectivity index (χ2v) is 12.1. The van der Waals surface area contributed by atoms with E-state index in [1.807, 2.05) is 66.7 Å². The number of hydrogen-bond acceptors (Lipinski definition) is 4. The first kappa shape index (κ1) is 30.6. The van der Waals surface area contributed by atoms with E-state index in [1.165, 1.54) is 17.0 Å². The summed E-state index contributed by atoms with van der Waals surface area (Å²) in [5, 5.41) is 2.95. The molecule has 4 rings (SSSR count). The maximum absolute atomic E-state index is 14.0. The molecule has 0 fully saturated rings. The highest BCUT2D eigenvalue weighted by molar-refractivity contribution is 7.88. The van der Waals surface area contributed by atoms with Crippen molar-refractivity contribution < 1.29 is 22.4 Å². The number of rotatable bonds is 13. The van der Waals surface area contributed by atoms with Crippen LogP contribution in [0.3, 0.4) is 0 Å². The van der Waals surface area contributed by atoms with Gasteiger partial charge >= 0.3 is 0 Å². The van der Waals surface area contributed by atoms with Gasteiger partial charge in [-0.2, -0.15) is 4.31 Å². The lowest BCUT2D eigenvalue weighted by Crippen LogP contribution is -2.53. The number of benzene rings is 4. The van der Waals surface area contributed by atoms with Crippen LogP contribution in [0.2, 0.25) is 0 Å². The number of nitrogens with zero attached hydrogens (tertiary/aromatic N) is 2. The van der Waals surface area contributed by atoms with Crippen LogP contribution in [0.5, 0.6) is 0 Å². The zero-order chi connectivity index (χ0) is 30.0. The molecule has 218 valence electrons. The highest BCUT2D eigenvalue weighted by atomic mass is 32.2. The molecule has 0 saturated carbocycles. The van der Waals surface area contributed by atoms with Gasteiger partial charge in [0, 0.05) is 26.1 Å². The largest absolute Gasteiger partial charge is 0.350 e. The number of hydrogen-bond donors (Lipinski definition) is 1. The molecular weight excluding hydrogens is 553 g/mol. The van der Waals surface area contributed by atoms with Gasteiger partial charge in [-0.15, -0.1) is 0 Å². The van der Waals surface area contributed by atoms with E-state index in [1.54, 1.807) is 36.4 Å². The van der Waals surface area contributed by atoms with E-state index in [0.29, 0.717) is 5.56 Å². The lowest BCUT2D eigenvalue weighted by atomic mass is 10.0. The first-order valence-electron chi connectivity index (χ1n) is 13.6. The third-order valence-corrected chi connectivity index (χ3v) is 8.03. The van der Waals surface area contributed by atoms with Crippen LogP contribution in [-0.4, -0.2) is 48.3 Å². The third-order valence-electron chi connectivity index (χ3n) is 6.83. The first-order chi connectivity index (χ1) is 20.2. The van der Waals surface area contributed by atoms with Crippen LogP contribution in [0, 0.1) is 5.82 Å². The van der Waals surface area contributed by atoms with Crippen molar-refractivity contribution in [1.82, 2.24) is 14.5 Å². The number of halogens is 1. The Morgan fingerprint density at radius 1 is 0.714 bits per heavy atom. The minimum atomic E-state index is -3.79. The summed E-state index contributed by atoms with van der Waals surface area (Å²) in [4.78, 5) is 29.2. The summed E-state index contributed by atoms with van der Waals surface area (Å²) in [6, 6.07) is 32.4. The van der Waals surface area contributed by atoms with Crippen LogP contribution >= 0.6 is 0 Å². The number of amides is 2. The van der Waals surface area contributed by atoms with Crippen LogP contribution in [0.1, 0.15) is 22.3 Å². The van der Waals surface area contributed by atoms with Gasteiger partial charge in [-0.1, -0.05) is 103 Å². The fourth-order valence-electron chi connectivity index (χ4n) is 4.56. The Morgan fingerprint density at radius 2 is 1.21 bits per heavy atom. The molecule has 0 unspecified atom stereocenters. The van der Waals surface area contributed by atoms with E-state index in [0.717, 1.165) is 27.3 Å². The quantitative estimate of drug-likeness (QED) is 0.249. The zero-order valence-corrected chi connectivity index (χ0v) is 24.2. The van der Waals surface area contributed by atoms with Gasteiger partial charge in [0.1, 0.15) is 11.9 Å². The van der Waals surface area contributed by atoms with Crippen LogP contribution in [0.4, 0.5) is 4.39 Å². The molecule has 0 spiro atoms. The standard InChI is InChI=1S/C33H34FN3O4S/c1-42(40,41)36(23-28-15-9-4-10-16-28)25-32(38)37(24-29-17-19-30(34)20-18-29)31(21-26-11-5-2-6-12-26)33(39)35-22-27-13-7-3-8-14-27/h2-20,31H,21-25H2,1H3,(H,35,39)/t31-/m0/s1. The van der Waals surface area contributed by atoms with E-state index in [4.69, 9.17) is 0 Å². The molecule has 0 aliphatic rings. The van der Waals surface area contributed by atoms with Gasteiger partial charge in [-0.3, -0.25) is 9.59 Å². The Labute approximate surface area is 246 Å². The smallest absolute Gasteiger partial charge is 0.243 e. The second-order valence-electron chi connectivity index (χ2n) is 10.1. The molecule has 4 aromatic carbocycles. The predicted octanol–water partition coefficient (Wildman–Crippen LogP) is 4.54. The molecule has 0 radical (unpaired) electrons.